The Balaban J connectivity index is 1.43. The molecule has 218 valence electrons. The van der Waals surface area contributed by atoms with Gasteiger partial charge >= 0.3 is 0 Å². The van der Waals surface area contributed by atoms with Gasteiger partial charge in [0.15, 0.2) is 11.6 Å². The van der Waals surface area contributed by atoms with E-state index in [1.807, 2.05) is 13.8 Å². The summed E-state index contributed by atoms with van der Waals surface area (Å²) in [6, 6.07) is 13.6. The van der Waals surface area contributed by atoms with Crippen LogP contribution in [-0.4, -0.2) is 68.9 Å². The fraction of sp³-hybridized carbons (Fsp3) is 0.486. The van der Waals surface area contributed by atoms with Gasteiger partial charge in [-0.1, -0.05) is 35.9 Å². The molecular weight excluding hydrogens is 510 g/mol. The Hall–Kier alpha value is -3.06. The number of Topliss-reactive ketones (excluding diaryl/α,β-unsaturated/α-hetero) is 2. The van der Waals surface area contributed by atoms with E-state index in [1.165, 1.54) is 5.56 Å². The van der Waals surface area contributed by atoms with E-state index in [-0.39, 0.29) is 11.6 Å². The molecule has 1 N–H and O–H groups in total. The standard InChI is InChI=1S/C35H45N3O3/c1-24-19-25(2)31(35(40)20-24)9-10-34(39)32-21-29(22-33(26(32)3)37(4)30-11-13-36-14-12-30)28-7-5-27(6-8-28)23-38-15-17-41-18-16-38/h5-8,19,21-22,30,36H,9-18,20,23H2,1-4H3. The largest absolute Gasteiger partial charge is 0.379 e. The molecule has 5 rings (SSSR count). The minimum atomic E-state index is 0.104. The van der Waals surface area contributed by atoms with Gasteiger partial charge < -0.3 is 15.0 Å². The zero-order chi connectivity index (χ0) is 28.9. The van der Waals surface area contributed by atoms with E-state index in [0.717, 1.165) is 103 Å². The average molecular weight is 556 g/mol. The third-order valence-corrected chi connectivity index (χ3v) is 9.03. The van der Waals surface area contributed by atoms with Gasteiger partial charge in [0.1, 0.15) is 0 Å². The predicted molar refractivity (Wildman–Crippen MR) is 167 cm³/mol. The van der Waals surface area contributed by atoms with Crippen LogP contribution >= 0.6 is 0 Å². The van der Waals surface area contributed by atoms with Gasteiger partial charge in [-0.05, 0) is 98.7 Å². The summed E-state index contributed by atoms with van der Waals surface area (Å²) in [7, 11) is 2.17. The number of allylic oxidation sites excluding steroid dienone is 4. The number of rotatable bonds is 9. The molecule has 2 aromatic rings. The Morgan fingerprint density at radius 1 is 1.02 bits per heavy atom. The molecule has 0 spiro atoms. The van der Waals surface area contributed by atoms with Crippen LogP contribution in [0.4, 0.5) is 5.69 Å². The first-order valence-corrected chi connectivity index (χ1v) is 15.2. The second-order valence-electron chi connectivity index (χ2n) is 12.0. The van der Waals surface area contributed by atoms with Gasteiger partial charge in [-0.3, -0.25) is 14.5 Å². The van der Waals surface area contributed by atoms with Crippen LogP contribution in [-0.2, 0) is 16.1 Å². The highest BCUT2D eigenvalue weighted by Gasteiger charge is 2.24. The number of hydrogen-bond acceptors (Lipinski definition) is 6. The minimum Gasteiger partial charge on any atom is -0.379 e. The van der Waals surface area contributed by atoms with Crippen molar-refractivity contribution < 1.29 is 14.3 Å². The Kier molecular flexibility index (Phi) is 9.53. The summed E-state index contributed by atoms with van der Waals surface area (Å²) in [5.41, 5.74) is 9.29. The van der Waals surface area contributed by atoms with Crippen molar-refractivity contribution in [2.75, 3.05) is 51.3 Å². The van der Waals surface area contributed by atoms with Gasteiger partial charge in [-0.2, -0.15) is 0 Å². The van der Waals surface area contributed by atoms with Gasteiger partial charge in [0.25, 0.3) is 0 Å². The third kappa shape index (κ3) is 7.06. The molecular formula is C35H45N3O3. The maximum Gasteiger partial charge on any atom is 0.163 e. The van der Waals surface area contributed by atoms with E-state index in [0.29, 0.717) is 25.3 Å². The van der Waals surface area contributed by atoms with Crippen LogP contribution in [0, 0.1) is 6.92 Å². The first-order valence-electron chi connectivity index (χ1n) is 15.2. The number of carbonyl (C=O) groups excluding carboxylic acids is 2. The summed E-state index contributed by atoms with van der Waals surface area (Å²) in [6.45, 7) is 12.5. The number of hydrogen-bond donors (Lipinski definition) is 1. The van der Waals surface area contributed by atoms with Gasteiger partial charge in [-0.15, -0.1) is 0 Å². The van der Waals surface area contributed by atoms with Gasteiger partial charge in [0.2, 0.25) is 0 Å². The summed E-state index contributed by atoms with van der Waals surface area (Å²) >= 11 is 0. The number of carbonyl (C=O) groups is 2. The molecule has 6 heteroatoms. The zero-order valence-corrected chi connectivity index (χ0v) is 25.2. The van der Waals surface area contributed by atoms with E-state index >= 15 is 0 Å². The SMILES string of the molecule is CC1=CC(C)=C(CCC(=O)c2cc(-c3ccc(CN4CCOCC4)cc3)cc(N(C)C3CCNCC3)c2C)C(=O)C1. The number of anilines is 1. The fourth-order valence-corrected chi connectivity index (χ4v) is 6.53. The first kappa shape index (κ1) is 29.4. The number of benzene rings is 2. The van der Waals surface area contributed by atoms with Crippen LogP contribution in [0.2, 0.25) is 0 Å². The molecule has 2 saturated heterocycles. The van der Waals surface area contributed by atoms with E-state index in [9.17, 15) is 9.59 Å². The summed E-state index contributed by atoms with van der Waals surface area (Å²) < 4.78 is 5.50. The lowest BCUT2D eigenvalue weighted by Crippen LogP contribution is -2.41. The lowest BCUT2D eigenvalue weighted by molar-refractivity contribution is -0.115. The number of morpholine rings is 1. The third-order valence-electron chi connectivity index (χ3n) is 9.03. The number of nitrogens with zero attached hydrogens (tertiary/aromatic N) is 2. The summed E-state index contributed by atoms with van der Waals surface area (Å²) in [5.74, 6) is 0.261. The first-order chi connectivity index (χ1) is 19.8. The van der Waals surface area contributed by atoms with Crippen LogP contribution in [0.25, 0.3) is 11.1 Å². The lowest BCUT2D eigenvalue weighted by atomic mass is 9.87. The molecule has 0 saturated carbocycles. The predicted octanol–water partition coefficient (Wildman–Crippen LogP) is 5.88. The average Bonchev–Trinajstić information content (AvgIpc) is 2.97. The molecule has 1 aliphatic carbocycles. The summed E-state index contributed by atoms with van der Waals surface area (Å²) in [5, 5.41) is 3.47. The number of ether oxygens (including phenoxy) is 1. The van der Waals surface area contributed by atoms with Gasteiger partial charge in [-0.25, -0.2) is 0 Å². The highest BCUT2D eigenvalue weighted by Crippen LogP contribution is 2.34. The number of piperidine rings is 1. The lowest BCUT2D eigenvalue weighted by Gasteiger charge is -2.35. The summed E-state index contributed by atoms with van der Waals surface area (Å²) in [6.07, 6.45) is 5.55. The molecule has 2 aromatic carbocycles. The Bertz CT molecular complexity index is 1330. The van der Waals surface area contributed by atoms with E-state index in [2.05, 4.69) is 71.6 Å². The van der Waals surface area contributed by atoms with Crippen LogP contribution in [0.3, 0.4) is 0 Å². The number of nitrogens with one attached hydrogen (secondary N) is 1. The minimum absolute atomic E-state index is 0.104. The molecule has 6 nitrogen and oxygen atoms in total. The van der Waals surface area contributed by atoms with E-state index in [4.69, 9.17) is 4.74 Å². The van der Waals surface area contributed by atoms with Crippen molar-refractivity contribution in [2.24, 2.45) is 0 Å². The molecule has 2 heterocycles. The topological polar surface area (TPSA) is 61.9 Å². The maximum atomic E-state index is 13.8. The van der Waals surface area contributed by atoms with Crippen LogP contribution < -0.4 is 10.2 Å². The van der Waals surface area contributed by atoms with Crippen molar-refractivity contribution in [3.63, 3.8) is 0 Å². The van der Waals surface area contributed by atoms with Crippen molar-refractivity contribution >= 4 is 17.3 Å². The molecule has 0 bridgehead atoms. The Labute approximate surface area is 245 Å². The highest BCUT2D eigenvalue weighted by molar-refractivity contribution is 6.03. The normalized spacial score (nSPS) is 18.9. The van der Waals surface area contributed by atoms with Crippen molar-refractivity contribution in [2.45, 2.75) is 65.5 Å². The molecule has 3 aliphatic rings. The molecule has 41 heavy (non-hydrogen) atoms. The highest BCUT2D eigenvalue weighted by atomic mass is 16.5. The molecule has 0 atom stereocenters. The van der Waals surface area contributed by atoms with Crippen molar-refractivity contribution in [1.29, 1.82) is 0 Å². The van der Waals surface area contributed by atoms with Crippen molar-refractivity contribution in [3.8, 4) is 11.1 Å². The zero-order valence-electron chi connectivity index (χ0n) is 25.2. The van der Waals surface area contributed by atoms with Gasteiger partial charge in [0.05, 0.1) is 13.2 Å². The molecule has 0 amide bonds. The molecule has 2 fully saturated rings. The monoisotopic (exact) mass is 555 g/mol. The Morgan fingerprint density at radius 3 is 2.41 bits per heavy atom. The molecule has 0 unspecified atom stereocenters. The maximum absolute atomic E-state index is 13.8. The van der Waals surface area contributed by atoms with E-state index < -0.39 is 0 Å². The molecule has 0 aromatic heterocycles. The van der Waals surface area contributed by atoms with Crippen molar-refractivity contribution in [3.05, 3.63) is 75.9 Å². The molecule has 2 aliphatic heterocycles. The van der Waals surface area contributed by atoms with Crippen LogP contribution in [0.5, 0.6) is 0 Å². The quantitative estimate of drug-likeness (QED) is 0.390. The smallest absolute Gasteiger partial charge is 0.163 e. The van der Waals surface area contributed by atoms with Crippen LogP contribution in [0.1, 0.15) is 67.4 Å². The fourth-order valence-electron chi connectivity index (χ4n) is 6.53. The second kappa shape index (κ2) is 13.3. The van der Waals surface area contributed by atoms with Gasteiger partial charge in [0, 0.05) is 56.8 Å². The number of ketones is 2. The second-order valence-corrected chi connectivity index (χ2v) is 12.0. The van der Waals surface area contributed by atoms with E-state index in [1.54, 1.807) is 0 Å². The summed E-state index contributed by atoms with van der Waals surface area (Å²) in [4.78, 5) is 31.3. The molecule has 0 radical (unpaired) electrons. The van der Waals surface area contributed by atoms with Crippen molar-refractivity contribution in [1.82, 2.24) is 10.2 Å². The Morgan fingerprint density at radius 2 is 1.73 bits per heavy atom. The van der Waals surface area contributed by atoms with Crippen LogP contribution in [0.15, 0.2) is 59.2 Å².